The lowest BCUT2D eigenvalue weighted by molar-refractivity contribution is -0.142. The Morgan fingerprint density at radius 1 is 1.58 bits per heavy atom. The molecular formula is C10H16N4O4S. The number of aliphatic carboxylic acids is 1. The van der Waals surface area contributed by atoms with Gasteiger partial charge in [-0.2, -0.15) is 4.31 Å². The smallest absolute Gasteiger partial charge is 0.325 e. The second kappa shape index (κ2) is 4.29. The van der Waals surface area contributed by atoms with Gasteiger partial charge in [0.15, 0.2) is 5.03 Å². The third-order valence-corrected chi connectivity index (χ3v) is 5.10. The van der Waals surface area contributed by atoms with E-state index in [4.69, 9.17) is 10.8 Å². The summed E-state index contributed by atoms with van der Waals surface area (Å²) < 4.78 is 27.3. The number of rotatable bonds is 3. The molecule has 8 nitrogen and oxygen atoms in total. The summed E-state index contributed by atoms with van der Waals surface area (Å²) in [4.78, 5) is 15.0. The first-order valence-electron chi connectivity index (χ1n) is 5.69. The summed E-state index contributed by atoms with van der Waals surface area (Å²) >= 11 is 0. The molecule has 1 aromatic heterocycles. The van der Waals surface area contributed by atoms with Gasteiger partial charge in [0, 0.05) is 26.3 Å². The van der Waals surface area contributed by atoms with Gasteiger partial charge < -0.3 is 15.4 Å². The summed E-state index contributed by atoms with van der Waals surface area (Å²) in [6, 6.07) is 0. The third-order valence-electron chi connectivity index (χ3n) is 3.38. The van der Waals surface area contributed by atoms with Gasteiger partial charge in [-0.15, -0.1) is 0 Å². The fourth-order valence-corrected chi connectivity index (χ4v) is 3.49. The van der Waals surface area contributed by atoms with Crippen molar-refractivity contribution in [1.29, 1.82) is 0 Å². The second-order valence-electron chi connectivity index (χ2n) is 4.79. The Hall–Kier alpha value is -1.45. The van der Waals surface area contributed by atoms with E-state index in [1.807, 2.05) is 0 Å². The molecular weight excluding hydrogens is 272 g/mol. The third kappa shape index (κ3) is 2.24. The first kappa shape index (κ1) is 14.0. The number of nitrogens with zero attached hydrogens (tertiary/aromatic N) is 3. The molecule has 1 aromatic rings. The van der Waals surface area contributed by atoms with Crippen LogP contribution in [0.3, 0.4) is 0 Å². The van der Waals surface area contributed by atoms with E-state index in [2.05, 4.69) is 4.98 Å². The van der Waals surface area contributed by atoms with Crippen LogP contribution in [-0.4, -0.2) is 52.0 Å². The van der Waals surface area contributed by atoms with Gasteiger partial charge >= 0.3 is 5.97 Å². The average Bonchev–Trinajstić information content (AvgIpc) is 2.86. The first-order valence-corrected chi connectivity index (χ1v) is 7.13. The minimum absolute atomic E-state index is 0.0814. The van der Waals surface area contributed by atoms with Crippen molar-refractivity contribution < 1.29 is 18.3 Å². The molecule has 1 unspecified atom stereocenters. The highest BCUT2D eigenvalue weighted by atomic mass is 32.2. The van der Waals surface area contributed by atoms with Gasteiger partial charge in [0.1, 0.15) is 11.4 Å². The number of sulfonamides is 1. The van der Waals surface area contributed by atoms with E-state index in [0.29, 0.717) is 5.82 Å². The largest absolute Gasteiger partial charge is 0.480 e. The van der Waals surface area contributed by atoms with Crippen molar-refractivity contribution in [1.82, 2.24) is 13.9 Å². The number of carboxylic acid groups (broad SMARTS) is 1. The lowest BCUT2D eigenvalue weighted by atomic mass is 10.0. The molecule has 1 aliphatic heterocycles. The van der Waals surface area contributed by atoms with Crippen LogP contribution in [-0.2, 0) is 21.9 Å². The fourth-order valence-electron chi connectivity index (χ4n) is 1.96. The predicted octanol–water partition coefficient (Wildman–Crippen LogP) is -1.09. The van der Waals surface area contributed by atoms with Crippen LogP contribution in [0.15, 0.2) is 11.2 Å². The molecule has 2 heterocycles. The van der Waals surface area contributed by atoms with E-state index in [1.165, 1.54) is 6.20 Å². The van der Waals surface area contributed by atoms with Crippen LogP contribution in [0, 0.1) is 6.92 Å². The van der Waals surface area contributed by atoms with Gasteiger partial charge in [-0.1, -0.05) is 0 Å². The molecule has 0 saturated carbocycles. The van der Waals surface area contributed by atoms with E-state index >= 15 is 0 Å². The summed E-state index contributed by atoms with van der Waals surface area (Å²) in [7, 11) is -2.10. The number of carboxylic acids is 1. The van der Waals surface area contributed by atoms with Gasteiger partial charge in [-0.05, 0) is 13.3 Å². The normalized spacial score (nSPS) is 24.8. The van der Waals surface area contributed by atoms with Crippen molar-refractivity contribution in [3.63, 3.8) is 0 Å². The highest BCUT2D eigenvalue weighted by molar-refractivity contribution is 7.89. The van der Waals surface area contributed by atoms with Gasteiger partial charge in [-0.3, -0.25) is 4.79 Å². The molecule has 0 spiro atoms. The molecule has 0 radical (unpaired) electrons. The van der Waals surface area contributed by atoms with Crippen molar-refractivity contribution in [3.8, 4) is 0 Å². The van der Waals surface area contributed by atoms with Crippen LogP contribution >= 0.6 is 0 Å². The summed E-state index contributed by atoms with van der Waals surface area (Å²) in [5.41, 5.74) is 4.15. The molecule has 2 rings (SSSR count). The molecule has 0 amide bonds. The highest BCUT2D eigenvalue weighted by Gasteiger charge is 2.46. The average molecular weight is 288 g/mol. The number of aromatic nitrogens is 2. The Labute approximate surface area is 110 Å². The van der Waals surface area contributed by atoms with Gasteiger partial charge in [0.2, 0.25) is 0 Å². The van der Waals surface area contributed by atoms with Crippen molar-refractivity contribution in [2.24, 2.45) is 12.8 Å². The van der Waals surface area contributed by atoms with E-state index in [-0.39, 0.29) is 24.5 Å². The lowest BCUT2D eigenvalue weighted by Crippen LogP contribution is -2.50. The summed E-state index contributed by atoms with van der Waals surface area (Å²) in [6.45, 7) is 1.54. The van der Waals surface area contributed by atoms with E-state index in [0.717, 1.165) is 4.31 Å². The number of hydrogen-bond acceptors (Lipinski definition) is 5. The van der Waals surface area contributed by atoms with E-state index in [9.17, 15) is 13.2 Å². The topological polar surface area (TPSA) is 119 Å². The van der Waals surface area contributed by atoms with Crippen molar-refractivity contribution in [2.45, 2.75) is 23.9 Å². The quantitative estimate of drug-likeness (QED) is 0.729. The molecule has 1 atom stereocenters. The second-order valence-corrected chi connectivity index (χ2v) is 6.67. The zero-order chi connectivity index (χ0) is 14.4. The maximum absolute atomic E-state index is 12.3. The number of hydrogen-bond donors (Lipinski definition) is 2. The molecule has 19 heavy (non-hydrogen) atoms. The Balaban J connectivity index is 2.30. The SMILES string of the molecule is Cc1nc(S(=O)(=O)N2CCC(N)(C(=O)O)C2)cn1C. The zero-order valence-electron chi connectivity index (χ0n) is 10.7. The maximum atomic E-state index is 12.3. The van der Waals surface area contributed by atoms with E-state index in [1.54, 1.807) is 18.5 Å². The molecule has 0 bridgehead atoms. The van der Waals surface area contributed by atoms with Crippen LogP contribution in [0.25, 0.3) is 0 Å². The lowest BCUT2D eigenvalue weighted by Gasteiger charge is -2.19. The Morgan fingerprint density at radius 3 is 2.63 bits per heavy atom. The maximum Gasteiger partial charge on any atom is 0.325 e. The first-order chi connectivity index (χ1) is 8.67. The number of imidazole rings is 1. The van der Waals surface area contributed by atoms with Gasteiger partial charge in [0.05, 0.1) is 0 Å². The monoisotopic (exact) mass is 288 g/mol. The minimum Gasteiger partial charge on any atom is -0.480 e. The van der Waals surface area contributed by atoms with Crippen LogP contribution in [0.1, 0.15) is 12.2 Å². The molecule has 1 aliphatic rings. The molecule has 0 aromatic carbocycles. The number of nitrogens with two attached hydrogens (primary N) is 1. The summed E-state index contributed by atoms with van der Waals surface area (Å²) in [5, 5.41) is 8.93. The molecule has 106 valence electrons. The molecule has 1 saturated heterocycles. The van der Waals surface area contributed by atoms with Crippen LogP contribution in [0.2, 0.25) is 0 Å². The van der Waals surface area contributed by atoms with Crippen molar-refractivity contribution >= 4 is 16.0 Å². The minimum atomic E-state index is -3.79. The summed E-state index contributed by atoms with van der Waals surface area (Å²) in [6.07, 6.45) is 1.50. The van der Waals surface area contributed by atoms with Gasteiger partial charge in [-0.25, -0.2) is 13.4 Å². The highest BCUT2D eigenvalue weighted by Crippen LogP contribution is 2.25. The predicted molar refractivity (Wildman–Crippen MR) is 65.9 cm³/mol. The Bertz CT molecular complexity index is 604. The summed E-state index contributed by atoms with van der Waals surface area (Å²) in [5.74, 6) is -0.627. The van der Waals surface area contributed by atoms with Crippen LogP contribution in [0.4, 0.5) is 0 Å². The number of aryl methyl sites for hydroxylation is 2. The number of carbonyl (C=O) groups is 1. The van der Waals surface area contributed by atoms with Crippen molar-refractivity contribution in [3.05, 3.63) is 12.0 Å². The van der Waals surface area contributed by atoms with Crippen molar-refractivity contribution in [2.75, 3.05) is 13.1 Å². The molecule has 0 aliphatic carbocycles. The Morgan fingerprint density at radius 2 is 2.21 bits per heavy atom. The zero-order valence-corrected chi connectivity index (χ0v) is 11.5. The molecule has 1 fully saturated rings. The molecule has 3 N–H and O–H groups in total. The Kier molecular flexibility index (Phi) is 3.15. The molecule has 9 heteroatoms. The fraction of sp³-hybridized carbons (Fsp3) is 0.600. The van der Waals surface area contributed by atoms with E-state index < -0.39 is 21.5 Å². The van der Waals surface area contributed by atoms with Gasteiger partial charge in [0.25, 0.3) is 10.0 Å². The van der Waals surface area contributed by atoms with Crippen LogP contribution in [0.5, 0.6) is 0 Å². The standard InChI is InChI=1S/C10H16N4O4S/c1-7-12-8(5-13(7)2)19(17,18)14-4-3-10(11,6-14)9(15)16/h5H,3-4,6,11H2,1-2H3,(H,15,16). The van der Waals surface area contributed by atoms with Crippen LogP contribution < -0.4 is 5.73 Å².